The molecular weight excluding hydrogens is 975 g/mol. The van der Waals surface area contributed by atoms with Gasteiger partial charge in [-0.15, -0.1) is 0 Å². The molecule has 420 valence electrons. The molecule has 2 bridgehead atoms. The average Bonchev–Trinajstić information content (AvgIpc) is 3.40. The van der Waals surface area contributed by atoms with Crippen LogP contribution in [0.25, 0.3) is 0 Å². The second kappa shape index (κ2) is 29.0. The molecule has 17 heteroatoms. The van der Waals surface area contributed by atoms with Crippen molar-refractivity contribution >= 4 is 41.2 Å². The topological polar surface area (TPSA) is 240 Å². The number of Topliss-reactive ketones (excluding diaryl/α,β-unsaturated/α-hetero) is 3. The number of ether oxygens (including phenoxy) is 6. The zero-order valence-corrected chi connectivity index (χ0v) is 46.4. The number of hydrogen-bond acceptors (Lipinski definition) is 14. The van der Waals surface area contributed by atoms with Gasteiger partial charge in [-0.2, -0.15) is 4.99 Å². The second-order valence-electron chi connectivity index (χ2n) is 21.8. The van der Waals surface area contributed by atoms with Crippen LogP contribution in [-0.4, -0.2) is 139 Å². The van der Waals surface area contributed by atoms with Crippen LogP contribution < -0.4 is 5.73 Å². The van der Waals surface area contributed by atoms with Crippen LogP contribution in [0, 0.1) is 35.5 Å². The van der Waals surface area contributed by atoms with Gasteiger partial charge in [0.05, 0.1) is 18.3 Å². The number of piperidine rings is 1. The number of fused-ring (bicyclic) bond motifs is 3. The van der Waals surface area contributed by atoms with Crippen molar-refractivity contribution in [3.05, 3.63) is 83.5 Å². The Bertz CT molecular complexity index is 2310. The van der Waals surface area contributed by atoms with E-state index >= 15 is 0 Å². The smallest absolute Gasteiger partial charge is 0.435 e. The van der Waals surface area contributed by atoms with Crippen LogP contribution in [0.5, 0.6) is 0 Å². The van der Waals surface area contributed by atoms with E-state index in [4.69, 9.17) is 34.2 Å². The van der Waals surface area contributed by atoms with Crippen molar-refractivity contribution in [1.82, 2.24) is 4.90 Å². The molecule has 1 aliphatic carbocycles. The van der Waals surface area contributed by atoms with Gasteiger partial charge in [0.2, 0.25) is 5.79 Å². The molecule has 1 saturated carbocycles. The fourth-order valence-corrected chi connectivity index (χ4v) is 11.2. The standard InChI is InChI=1S/C59H85N3O14/c1-35-19-13-11-14-20-36(2)48(71-8)33-44-26-24-41(7)59(70,76-44)54(66)56(67)62-28-18-17-23-45(62)57(68)74-49(34-46(63)37(3)30-40(6)52(65)53(73-10)51(64)39(5)29-35)38(4)31-42-25-27-47(50(32-42)72-9)75-58(69)61-55(60)43-21-15-12-16-22-43/h11-16,19-22,30,35,37-39,41-42,44-45,47-50,52-53,65,70H,17-18,23-29,31-34H2,1-10H3,(H2,60,61,69)/b14-11+,19-13+,36-20+,40-30+/t35-,37-,38-,39-,41-,42+,44+,45+,47-,48+,49+,50-,52-,53+,59-/m1/s1. The second-order valence-corrected chi connectivity index (χ2v) is 21.8. The fourth-order valence-electron chi connectivity index (χ4n) is 11.2. The number of rotatable bonds is 8. The summed E-state index contributed by atoms with van der Waals surface area (Å²) >= 11 is 0. The highest BCUT2D eigenvalue weighted by molar-refractivity contribution is 6.39. The highest BCUT2D eigenvalue weighted by Crippen LogP contribution is 2.38. The first-order valence-electron chi connectivity index (χ1n) is 27.2. The Morgan fingerprint density at radius 3 is 2.28 bits per heavy atom. The molecule has 4 aliphatic rings. The van der Waals surface area contributed by atoms with Crippen LogP contribution in [0.3, 0.4) is 0 Å². The normalized spacial score (nSPS) is 36.4. The first kappa shape index (κ1) is 61.7. The third kappa shape index (κ3) is 16.4. The molecule has 15 atom stereocenters. The number of cyclic esters (lactones) is 1. The van der Waals surface area contributed by atoms with Crippen LogP contribution in [0.2, 0.25) is 0 Å². The van der Waals surface area contributed by atoms with Crippen molar-refractivity contribution in [2.24, 2.45) is 46.2 Å². The lowest BCUT2D eigenvalue weighted by Gasteiger charge is -2.42. The van der Waals surface area contributed by atoms with E-state index in [2.05, 4.69) is 4.99 Å². The summed E-state index contributed by atoms with van der Waals surface area (Å²) in [5, 5.41) is 23.6. The maximum absolute atomic E-state index is 14.6. The van der Waals surface area contributed by atoms with E-state index in [1.165, 1.54) is 19.1 Å². The quantitative estimate of drug-likeness (QED) is 0.0742. The Morgan fingerprint density at radius 1 is 0.868 bits per heavy atom. The molecule has 0 radical (unpaired) electrons. The molecule has 76 heavy (non-hydrogen) atoms. The van der Waals surface area contributed by atoms with Crippen LogP contribution in [-0.2, 0) is 52.4 Å². The summed E-state index contributed by atoms with van der Waals surface area (Å²) in [6, 6.07) is 7.67. The van der Waals surface area contributed by atoms with E-state index in [9.17, 15) is 39.0 Å². The number of nitrogens with zero attached hydrogens (tertiary/aromatic N) is 2. The summed E-state index contributed by atoms with van der Waals surface area (Å²) in [7, 11) is 4.47. The number of nitrogens with two attached hydrogens (primary N) is 1. The number of esters is 1. The summed E-state index contributed by atoms with van der Waals surface area (Å²) in [6.45, 7) is 12.6. The van der Waals surface area contributed by atoms with E-state index in [1.54, 1.807) is 65.1 Å². The molecule has 2 amide bonds. The zero-order chi connectivity index (χ0) is 55.9. The van der Waals surface area contributed by atoms with E-state index in [1.807, 2.05) is 57.2 Å². The number of aliphatic hydroxyl groups is 2. The number of benzene rings is 1. The van der Waals surface area contributed by atoms with E-state index < -0.39 is 102 Å². The lowest BCUT2D eigenvalue weighted by molar-refractivity contribution is -0.265. The first-order valence-corrected chi connectivity index (χ1v) is 27.2. The first-order chi connectivity index (χ1) is 36.1. The molecule has 0 spiro atoms. The Labute approximate surface area is 449 Å². The van der Waals surface area contributed by atoms with Gasteiger partial charge in [-0.05, 0) is 107 Å². The summed E-state index contributed by atoms with van der Waals surface area (Å²) in [5.41, 5.74) is 7.89. The van der Waals surface area contributed by atoms with Gasteiger partial charge in [-0.1, -0.05) is 101 Å². The SMILES string of the molecule is CO[C@H]1C[C@@H]2CC[C@@H](C)[C@@](O)(O2)C(=O)C(=O)N2CCCC[C@H]2C(=O)O[C@H]([C@H](C)C[C@@H]2CC[C@@H](OC(=O)/N=C(/N)c3ccccc3)[C@H](OC)C2)CC(=O)[C@H](C)/C=C(\C)[C@@H](O)[C@@H](OC)C(=O)[C@H](C)C[C@H](C)/C=C/C=C/C=C/1C. The molecule has 3 heterocycles. The number of allylic oxidation sites excluding steroid dienone is 6. The maximum Gasteiger partial charge on any atom is 0.435 e. The van der Waals surface area contributed by atoms with Gasteiger partial charge < -0.3 is 49.3 Å². The minimum atomic E-state index is -2.46. The molecular formula is C59H85N3O14. The fraction of sp³-hybridized carbons (Fsp3) is 0.644. The summed E-state index contributed by atoms with van der Waals surface area (Å²) in [6.07, 6.45) is 9.25. The molecule has 1 aromatic rings. The highest BCUT2D eigenvalue weighted by Gasteiger charge is 2.53. The lowest BCUT2D eigenvalue weighted by Crippen LogP contribution is -2.61. The summed E-state index contributed by atoms with van der Waals surface area (Å²) < 4.78 is 35.6. The Hall–Kier alpha value is -5.17. The number of aliphatic hydroxyl groups excluding tert-OH is 1. The van der Waals surface area contributed by atoms with Crippen molar-refractivity contribution < 1.29 is 67.4 Å². The number of methoxy groups -OCH3 is 3. The largest absolute Gasteiger partial charge is 0.460 e. The number of amides is 2. The number of carbonyl (C=O) groups is 6. The van der Waals surface area contributed by atoms with Crippen LogP contribution in [0.4, 0.5) is 4.79 Å². The van der Waals surface area contributed by atoms with Gasteiger partial charge in [0, 0.05) is 64.0 Å². The Morgan fingerprint density at radius 2 is 1.59 bits per heavy atom. The third-order valence-corrected chi connectivity index (χ3v) is 16.0. The molecule has 2 saturated heterocycles. The van der Waals surface area contributed by atoms with Gasteiger partial charge in [0.25, 0.3) is 11.7 Å². The van der Waals surface area contributed by atoms with E-state index in [0.717, 1.165) is 5.57 Å². The number of aliphatic imine (C=N–C) groups is 1. The molecule has 1 aromatic carbocycles. The zero-order valence-electron chi connectivity index (χ0n) is 46.4. The van der Waals surface area contributed by atoms with Gasteiger partial charge in [0.1, 0.15) is 42.1 Å². The average molecular weight is 1060 g/mol. The van der Waals surface area contributed by atoms with Gasteiger partial charge in [0.15, 0.2) is 5.78 Å². The lowest BCUT2D eigenvalue weighted by atomic mass is 9.78. The van der Waals surface area contributed by atoms with Crippen LogP contribution >= 0.6 is 0 Å². The molecule has 17 nitrogen and oxygen atoms in total. The van der Waals surface area contributed by atoms with Crippen molar-refractivity contribution in [2.45, 2.75) is 180 Å². The van der Waals surface area contributed by atoms with Gasteiger partial charge >= 0.3 is 12.1 Å². The van der Waals surface area contributed by atoms with Gasteiger partial charge in [-0.3, -0.25) is 19.2 Å². The monoisotopic (exact) mass is 1060 g/mol. The predicted octanol–water partition coefficient (Wildman–Crippen LogP) is 7.73. The molecule has 3 aliphatic heterocycles. The minimum absolute atomic E-state index is 0.00302. The van der Waals surface area contributed by atoms with E-state index in [-0.39, 0.29) is 48.6 Å². The van der Waals surface area contributed by atoms with Crippen molar-refractivity contribution in [1.29, 1.82) is 0 Å². The van der Waals surface area contributed by atoms with Crippen LogP contribution in [0.15, 0.2) is 82.9 Å². The number of carbonyl (C=O) groups excluding carboxylic acids is 6. The molecule has 0 aromatic heterocycles. The van der Waals surface area contributed by atoms with Crippen molar-refractivity contribution in [3.63, 3.8) is 0 Å². The Balaban J connectivity index is 1.43. The van der Waals surface area contributed by atoms with E-state index in [0.29, 0.717) is 75.3 Å². The number of hydrogen-bond donors (Lipinski definition) is 3. The maximum atomic E-state index is 14.6. The predicted molar refractivity (Wildman–Crippen MR) is 287 cm³/mol. The summed E-state index contributed by atoms with van der Waals surface area (Å²) in [4.78, 5) is 89.5. The van der Waals surface area contributed by atoms with Gasteiger partial charge in [-0.25, -0.2) is 9.59 Å². The minimum Gasteiger partial charge on any atom is -0.460 e. The molecule has 4 N–H and O–H groups in total. The Kier molecular flexibility index (Phi) is 23.5. The van der Waals surface area contributed by atoms with Crippen LogP contribution in [0.1, 0.15) is 131 Å². The number of amidine groups is 1. The third-order valence-electron chi connectivity index (χ3n) is 16.0. The molecule has 0 unspecified atom stereocenters. The highest BCUT2D eigenvalue weighted by atomic mass is 16.6. The molecule has 3 fully saturated rings. The summed E-state index contributed by atoms with van der Waals surface area (Å²) in [5.74, 6) is -8.48. The van der Waals surface area contributed by atoms with Crippen molar-refractivity contribution in [3.8, 4) is 0 Å². The van der Waals surface area contributed by atoms with Crippen molar-refractivity contribution in [2.75, 3.05) is 27.9 Å². The number of ketones is 3. The molecule has 5 rings (SSSR count).